The van der Waals surface area contributed by atoms with Crippen LogP contribution in [0, 0.1) is 17.8 Å². The maximum Gasteiger partial charge on any atom is 0.416 e. The van der Waals surface area contributed by atoms with Crippen LogP contribution in [0.3, 0.4) is 0 Å². The molecule has 2 aliphatic heterocycles. The summed E-state index contributed by atoms with van der Waals surface area (Å²) in [5, 5.41) is 18.6. The van der Waals surface area contributed by atoms with E-state index in [9.17, 15) is 41.9 Å². The fourth-order valence-corrected chi connectivity index (χ4v) is 10.2. The number of rotatable bonds is 21. The van der Waals surface area contributed by atoms with Crippen molar-refractivity contribution in [1.29, 1.82) is 0 Å². The molecule has 19 nitrogen and oxygen atoms in total. The summed E-state index contributed by atoms with van der Waals surface area (Å²) < 4.78 is 51.6. The number of alkyl halides is 3. The standard InChI is InChI=1S/C49H66F3N11O8/c1-29(2)24-56-34-11-13-40(63-18-14-38(48(63)69)60-45-35-21-32(49(50,51)52)8-12-37(35)57-28-58-45)39(22-34)61-46(67)30-6-9-33(10-7-30)59-42(65)27-71-19-16-54-41(64)26-70-20-17-55-47(68)36-23-43(66)62(3)44(36)31-5-4-15-53-25-31/h4-5,8,12,15,21,25,28-30,33-34,36,38-40,44,56H,6-7,9-11,13-14,16-20,22-24,26-27H2,1-3H3,(H,54,64)(H,55,68)(H,59,65)(H,61,67)(H,57,58,60)/t30?,33?,34-,36+,38+,39-,40+,44-/m1/s1. The van der Waals surface area contributed by atoms with Gasteiger partial charge in [-0.05, 0) is 93.7 Å². The van der Waals surface area contributed by atoms with Crippen LogP contribution >= 0.6 is 0 Å². The van der Waals surface area contributed by atoms with E-state index in [1.54, 1.807) is 35.3 Å². The number of carbonyl (C=O) groups excluding carboxylic acids is 6. The van der Waals surface area contributed by atoms with Crippen LogP contribution in [0.5, 0.6) is 0 Å². The number of fused-ring (bicyclic) bond motifs is 1. The van der Waals surface area contributed by atoms with E-state index in [4.69, 9.17) is 9.47 Å². The predicted octanol–water partition coefficient (Wildman–Crippen LogP) is 2.87. The molecule has 4 heterocycles. The van der Waals surface area contributed by atoms with E-state index >= 15 is 0 Å². The van der Waals surface area contributed by atoms with E-state index in [-0.39, 0.29) is 123 Å². The highest BCUT2D eigenvalue weighted by Crippen LogP contribution is 2.37. The highest BCUT2D eigenvalue weighted by Gasteiger charge is 2.44. The zero-order valence-electron chi connectivity index (χ0n) is 40.5. The van der Waals surface area contributed by atoms with Crippen molar-refractivity contribution < 1.29 is 51.4 Å². The lowest BCUT2D eigenvalue weighted by Crippen LogP contribution is -2.59. The number of nitrogens with zero attached hydrogens (tertiary/aromatic N) is 5. The molecule has 2 saturated carbocycles. The van der Waals surface area contributed by atoms with Crippen molar-refractivity contribution in [2.75, 3.05) is 65.0 Å². The second kappa shape index (κ2) is 24.4. The first-order valence-corrected chi connectivity index (χ1v) is 24.6. The zero-order chi connectivity index (χ0) is 50.7. The number of hydrogen-bond donors (Lipinski definition) is 6. The summed E-state index contributed by atoms with van der Waals surface area (Å²) in [5.41, 5.74) is 0.261. The summed E-state index contributed by atoms with van der Waals surface area (Å²) >= 11 is 0. The number of anilines is 1. The number of aromatic nitrogens is 3. The number of halogens is 3. The van der Waals surface area contributed by atoms with Crippen LogP contribution in [-0.2, 0) is 44.4 Å². The number of nitrogens with one attached hydrogen (secondary N) is 6. The minimum Gasteiger partial charge on any atom is -0.370 e. The Hall–Kier alpha value is -6.00. The first-order chi connectivity index (χ1) is 34.0. The van der Waals surface area contributed by atoms with Gasteiger partial charge in [-0.25, -0.2) is 9.97 Å². The van der Waals surface area contributed by atoms with Crippen LogP contribution in [-0.4, -0.2) is 150 Å². The molecule has 1 aromatic carbocycles. The van der Waals surface area contributed by atoms with E-state index in [0.717, 1.165) is 30.7 Å². The van der Waals surface area contributed by atoms with Gasteiger partial charge in [-0.2, -0.15) is 13.2 Å². The first kappa shape index (κ1) is 52.8. The van der Waals surface area contributed by atoms with Gasteiger partial charge in [0, 0.05) is 68.9 Å². The summed E-state index contributed by atoms with van der Waals surface area (Å²) in [5.74, 6) is -1.66. The maximum atomic E-state index is 14.0. The molecule has 0 radical (unpaired) electrons. The first-order valence-electron chi connectivity index (χ1n) is 24.6. The number of carbonyl (C=O) groups is 6. The summed E-state index contributed by atoms with van der Waals surface area (Å²) in [6.07, 6.45) is 4.89. The van der Waals surface area contributed by atoms with Crippen LogP contribution in [0.4, 0.5) is 19.0 Å². The van der Waals surface area contributed by atoms with Crippen molar-refractivity contribution in [3.8, 4) is 0 Å². The van der Waals surface area contributed by atoms with Crippen molar-refractivity contribution in [2.24, 2.45) is 17.8 Å². The van der Waals surface area contributed by atoms with Gasteiger partial charge >= 0.3 is 6.18 Å². The molecular weight excluding hydrogens is 928 g/mol. The molecule has 6 atom stereocenters. The number of benzene rings is 1. The molecule has 7 rings (SSSR count). The zero-order valence-corrected chi connectivity index (χ0v) is 40.5. The minimum absolute atomic E-state index is 0.0873. The van der Waals surface area contributed by atoms with E-state index in [1.807, 2.05) is 6.07 Å². The van der Waals surface area contributed by atoms with Crippen LogP contribution in [0.1, 0.15) is 88.8 Å². The molecule has 2 saturated heterocycles. The van der Waals surface area contributed by atoms with Gasteiger partial charge in [0.1, 0.15) is 31.4 Å². The Kier molecular flexibility index (Phi) is 18.2. The largest absolute Gasteiger partial charge is 0.416 e. The van der Waals surface area contributed by atoms with Gasteiger partial charge in [-0.3, -0.25) is 33.8 Å². The Bertz CT molecular complexity index is 2340. The number of hydrogen-bond acceptors (Lipinski definition) is 13. The third-order valence-electron chi connectivity index (χ3n) is 13.9. The third-order valence-corrected chi connectivity index (χ3v) is 13.9. The van der Waals surface area contributed by atoms with Crippen LogP contribution in [0.2, 0.25) is 0 Å². The lowest BCUT2D eigenvalue weighted by atomic mass is 9.83. The summed E-state index contributed by atoms with van der Waals surface area (Å²) in [4.78, 5) is 94.0. The SMILES string of the molecule is CC(C)CN[C@@H]1CC[C@H](N2CC[C@H](Nc3ncnc4ccc(C(F)(F)F)cc34)C2=O)[C@H](NC(=O)C2CCC(NC(=O)COCCNC(=O)COCCNC(=O)[C@H]3CC(=O)N(C)[C@@H]3c3cccnc3)CC2)C1. The highest BCUT2D eigenvalue weighted by atomic mass is 19.4. The van der Waals surface area contributed by atoms with Crippen molar-refractivity contribution in [2.45, 2.75) is 114 Å². The highest BCUT2D eigenvalue weighted by molar-refractivity contribution is 5.93. The normalized spacial score (nSPS) is 24.8. The number of amides is 6. The topological polar surface area (TPSA) is 238 Å². The van der Waals surface area contributed by atoms with Gasteiger partial charge < -0.3 is 51.2 Å². The maximum absolute atomic E-state index is 14.0. The lowest BCUT2D eigenvalue weighted by molar-refractivity contribution is -0.137. The van der Waals surface area contributed by atoms with Gasteiger partial charge in [0.05, 0.1) is 48.3 Å². The Morgan fingerprint density at radius 3 is 2.31 bits per heavy atom. The van der Waals surface area contributed by atoms with E-state index < -0.39 is 29.7 Å². The molecule has 0 bridgehead atoms. The van der Waals surface area contributed by atoms with Crippen LogP contribution in [0.15, 0.2) is 49.1 Å². The van der Waals surface area contributed by atoms with E-state index in [1.165, 1.54) is 12.4 Å². The molecule has 386 valence electrons. The molecule has 0 spiro atoms. The predicted molar refractivity (Wildman–Crippen MR) is 254 cm³/mol. The van der Waals surface area contributed by atoms with Crippen LogP contribution in [0.25, 0.3) is 10.9 Å². The van der Waals surface area contributed by atoms with Crippen molar-refractivity contribution in [3.63, 3.8) is 0 Å². The fraction of sp³-hybridized carbons (Fsp3) is 0.612. The molecule has 6 amide bonds. The molecule has 0 unspecified atom stereocenters. The third kappa shape index (κ3) is 14.1. The number of likely N-dealkylation sites (tertiary alicyclic amines) is 2. The van der Waals surface area contributed by atoms with Crippen LogP contribution < -0.4 is 31.9 Å². The molecule has 6 N–H and O–H groups in total. The van der Waals surface area contributed by atoms with Gasteiger partial charge in [-0.15, -0.1) is 0 Å². The second-order valence-corrected chi connectivity index (χ2v) is 19.4. The average molecular weight is 994 g/mol. The Labute approximate surface area is 410 Å². The van der Waals surface area contributed by atoms with Gasteiger partial charge in [0.2, 0.25) is 35.4 Å². The van der Waals surface area contributed by atoms with Gasteiger partial charge in [0.25, 0.3) is 0 Å². The summed E-state index contributed by atoms with van der Waals surface area (Å²) in [7, 11) is 1.67. The molecule has 2 aromatic heterocycles. The Morgan fingerprint density at radius 2 is 1.59 bits per heavy atom. The minimum atomic E-state index is -4.56. The summed E-state index contributed by atoms with van der Waals surface area (Å²) in [6, 6.07) is 5.12. The van der Waals surface area contributed by atoms with Crippen molar-refractivity contribution >= 4 is 52.2 Å². The smallest absolute Gasteiger partial charge is 0.370 e. The molecule has 22 heteroatoms. The molecule has 71 heavy (non-hydrogen) atoms. The van der Waals surface area contributed by atoms with Gasteiger partial charge in [-0.1, -0.05) is 19.9 Å². The quantitative estimate of drug-likeness (QED) is 0.0844. The van der Waals surface area contributed by atoms with Gasteiger partial charge in [0.15, 0.2) is 0 Å². The second-order valence-electron chi connectivity index (χ2n) is 19.4. The summed E-state index contributed by atoms with van der Waals surface area (Å²) in [6.45, 7) is 5.53. The van der Waals surface area contributed by atoms with Crippen molar-refractivity contribution in [1.82, 2.24) is 51.3 Å². The molecule has 2 aliphatic carbocycles. The number of ether oxygens (including phenoxy) is 2. The Balaban J connectivity index is 0.792. The number of pyridine rings is 1. The average Bonchev–Trinajstić information content (AvgIpc) is 3.86. The monoisotopic (exact) mass is 994 g/mol. The van der Waals surface area contributed by atoms with Crippen molar-refractivity contribution in [3.05, 3.63) is 60.2 Å². The lowest BCUT2D eigenvalue weighted by Gasteiger charge is -2.42. The molecular formula is C49H66F3N11O8. The molecule has 4 fully saturated rings. The molecule has 4 aliphatic rings. The van der Waals surface area contributed by atoms with E-state index in [0.29, 0.717) is 62.9 Å². The molecule has 3 aromatic rings. The van der Waals surface area contributed by atoms with E-state index in [2.05, 4.69) is 60.7 Å². The fourth-order valence-electron chi connectivity index (χ4n) is 10.2. The Morgan fingerprint density at radius 1 is 0.859 bits per heavy atom.